The molecule has 1 aromatic carbocycles. The minimum atomic E-state index is 1.10. The summed E-state index contributed by atoms with van der Waals surface area (Å²) in [6, 6.07) is 8.71. The van der Waals surface area contributed by atoms with Gasteiger partial charge in [-0.15, -0.1) is 0 Å². The largest absolute Gasteiger partial charge is 0.0928 e. The lowest BCUT2D eigenvalue weighted by molar-refractivity contribution is 0.939. The van der Waals surface area contributed by atoms with Crippen molar-refractivity contribution in [2.75, 3.05) is 5.33 Å². The number of rotatable bonds is 3. The van der Waals surface area contributed by atoms with Gasteiger partial charge in [-0.25, -0.2) is 0 Å². The van der Waals surface area contributed by atoms with Crippen molar-refractivity contribution in [1.82, 2.24) is 0 Å². The topological polar surface area (TPSA) is 0 Å². The summed E-state index contributed by atoms with van der Waals surface area (Å²) in [5.41, 5.74) is 1.44. The van der Waals surface area contributed by atoms with Gasteiger partial charge in [0.1, 0.15) is 0 Å². The van der Waals surface area contributed by atoms with E-state index in [1.54, 1.807) is 0 Å². The molecule has 0 unspecified atom stereocenters. The molecule has 0 aliphatic rings. The van der Waals surface area contributed by atoms with Crippen molar-refractivity contribution >= 4 is 38.5 Å². The van der Waals surface area contributed by atoms with Gasteiger partial charge in [-0.1, -0.05) is 28.1 Å². The highest BCUT2D eigenvalue weighted by Gasteiger charge is 1.91. The fourth-order valence-corrected chi connectivity index (χ4v) is 1.56. The van der Waals surface area contributed by atoms with E-state index in [-0.39, 0.29) is 0 Å². The first-order valence-electron chi connectivity index (χ1n) is 3.63. The van der Waals surface area contributed by atoms with Gasteiger partial charge in [0.05, 0.1) is 0 Å². The zero-order valence-electron chi connectivity index (χ0n) is 6.19. The third kappa shape index (κ3) is 3.56. The molecular formula is C9H10BrI. The molecule has 0 aliphatic carbocycles. The lowest BCUT2D eigenvalue weighted by Crippen LogP contribution is -1.85. The number of aryl methyl sites for hydroxylation is 1. The Hall–Kier alpha value is 0.430. The fraction of sp³-hybridized carbons (Fsp3) is 0.333. The Balaban J connectivity index is 2.52. The number of halogens is 2. The Morgan fingerprint density at radius 2 is 1.82 bits per heavy atom. The van der Waals surface area contributed by atoms with Crippen LogP contribution in [0.15, 0.2) is 24.3 Å². The van der Waals surface area contributed by atoms with E-state index in [1.807, 2.05) is 0 Å². The maximum absolute atomic E-state index is 3.42. The second-order valence-electron chi connectivity index (χ2n) is 2.42. The minimum Gasteiger partial charge on any atom is -0.0928 e. The molecule has 0 fully saturated rings. The van der Waals surface area contributed by atoms with Crippen LogP contribution in [0.1, 0.15) is 12.0 Å². The molecule has 0 aromatic heterocycles. The average Bonchev–Trinajstić information content (AvgIpc) is 2.04. The van der Waals surface area contributed by atoms with Gasteiger partial charge in [0.25, 0.3) is 0 Å². The summed E-state index contributed by atoms with van der Waals surface area (Å²) in [5, 5.41) is 1.10. The van der Waals surface area contributed by atoms with Gasteiger partial charge in [0.2, 0.25) is 0 Å². The average molecular weight is 325 g/mol. The number of hydrogen-bond acceptors (Lipinski definition) is 0. The number of hydrogen-bond donors (Lipinski definition) is 0. The van der Waals surface area contributed by atoms with E-state index in [0.29, 0.717) is 0 Å². The molecule has 1 rings (SSSR count). The highest BCUT2D eigenvalue weighted by Crippen LogP contribution is 2.08. The SMILES string of the molecule is BrCCCc1ccc(I)cc1. The molecule has 1 aromatic rings. The molecular weight excluding hydrogens is 315 g/mol. The van der Waals surface area contributed by atoms with Gasteiger partial charge in [0.15, 0.2) is 0 Å². The Morgan fingerprint density at radius 1 is 1.18 bits per heavy atom. The van der Waals surface area contributed by atoms with Crippen molar-refractivity contribution in [3.8, 4) is 0 Å². The molecule has 0 saturated heterocycles. The lowest BCUT2D eigenvalue weighted by Gasteiger charge is -1.97. The third-order valence-electron chi connectivity index (χ3n) is 1.51. The molecule has 2 heteroatoms. The molecule has 0 heterocycles. The van der Waals surface area contributed by atoms with Crippen molar-refractivity contribution < 1.29 is 0 Å². The van der Waals surface area contributed by atoms with Crippen LogP contribution in [-0.4, -0.2) is 5.33 Å². The van der Waals surface area contributed by atoms with E-state index >= 15 is 0 Å². The summed E-state index contributed by atoms with van der Waals surface area (Å²) in [4.78, 5) is 0. The molecule has 0 saturated carbocycles. The molecule has 11 heavy (non-hydrogen) atoms. The first-order valence-corrected chi connectivity index (χ1v) is 5.83. The minimum absolute atomic E-state index is 1.10. The van der Waals surface area contributed by atoms with E-state index in [0.717, 1.165) is 5.33 Å². The summed E-state index contributed by atoms with van der Waals surface area (Å²) in [6.45, 7) is 0. The Bertz CT molecular complexity index is 205. The number of alkyl halides is 1. The van der Waals surface area contributed by atoms with Crippen molar-refractivity contribution in [1.29, 1.82) is 0 Å². The summed E-state index contributed by atoms with van der Waals surface area (Å²) in [6.07, 6.45) is 2.41. The van der Waals surface area contributed by atoms with Crippen LogP contribution in [0.25, 0.3) is 0 Å². The van der Waals surface area contributed by atoms with Crippen LogP contribution in [0.3, 0.4) is 0 Å². The van der Waals surface area contributed by atoms with Gasteiger partial charge in [-0.2, -0.15) is 0 Å². The van der Waals surface area contributed by atoms with Crippen LogP contribution >= 0.6 is 38.5 Å². The van der Waals surface area contributed by atoms with Crippen molar-refractivity contribution in [3.05, 3.63) is 33.4 Å². The first kappa shape index (κ1) is 9.52. The summed E-state index contributed by atoms with van der Waals surface area (Å²) >= 11 is 5.74. The first-order chi connectivity index (χ1) is 5.33. The van der Waals surface area contributed by atoms with E-state index in [1.165, 1.54) is 22.0 Å². The van der Waals surface area contributed by atoms with Crippen LogP contribution in [0.2, 0.25) is 0 Å². The summed E-state index contributed by atoms with van der Waals surface area (Å²) in [7, 11) is 0. The normalized spacial score (nSPS) is 10.0. The van der Waals surface area contributed by atoms with Crippen molar-refractivity contribution in [2.45, 2.75) is 12.8 Å². The van der Waals surface area contributed by atoms with E-state index in [4.69, 9.17) is 0 Å². The van der Waals surface area contributed by atoms with Crippen LogP contribution < -0.4 is 0 Å². The van der Waals surface area contributed by atoms with Gasteiger partial charge < -0.3 is 0 Å². The Labute approximate surface area is 89.7 Å². The highest BCUT2D eigenvalue weighted by molar-refractivity contribution is 14.1. The molecule has 0 bridgehead atoms. The lowest BCUT2D eigenvalue weighted by atomic mass is 10.1. The Kier molecular flexibility index (Phi) is 4.45. The predicted molar refractivity (Wildman–Crippen MR) is 61.3 cm³/mol. The summed E-state index contributed by atoms with van der Waals surface area (Å²) < 4.78 is 1.31. The zero-order chi connectivity index (χ0) is 8.10. The van der Waals surface area contributed by atoms with Gasteiger partial charge in [-0.3, -0.25) is 0 Å². The molecule has 0 atom stereocenters. The van der Waals surface area contributed by atoms with Crippen LogP contribution in [0.4, 0.5) is 0 Å². The van der Waals surface area contributed by atoms with E-state index in [9.17, 15) is 0 Å². The summed E-state index contributed by atoms with van der Waals surface area (Å²) in [5.74, 6) is 0. The van der Waals surface area contributed by atoms with Gasteiger partial charge >= 0.3 is 0 Å². The van der Waals surface area contributed by atoms with Crippen molar-refractivity contribution in [2.24, 2.45) is 0 Å². The quantitative estimate of drug-likeness (QED) is 0.588. The second kappa shape index (κ2) is 5.14. The number of benzene rings is 1. The third-order valence-corrected chi connectivity index (χ3v) is 2.79. The molecule has 0 spiro atoms. The van der Waals surface area contributed by atoms with Crippen LogP contribution in [0.5, 0.6) is 0 Å². The highest BCUT2D eigenvalue weighted by atomic mass is 127. The second-order valence-corrected chi connectivity index (χ2v) is 4.46. The van der Waals surface area contributed by atoms with E-state index in [2.05, 4.69) is 62.8 Å². The maximum Gasteiger partial charge on any atom is 0.0130 e. The van der Waals surface area contributed by atoms with Crippen molar-refractivity contribution in [3.63, 3.8) is 0 Å². The molecule has 0 nitrogen and oxygen atoms in total. The molecule has 0 N–H and O–H groups in total. The monoisotopic (exact) mass is 324 g/mol. The molecule has 60 valence electrons. The Morgan fingerprint density at radius 3 is 2.36 bits per heavy atom. The fourth-order valence-electron chi connectivity index (χ4n) is 0.922. The van der Waals surface area contributed by atoms with Crippen LogP contribution in [0, 0.1) is 3.57 Å². The van der Waals surface area contributed by atoms with Gasteiger partial charge in [-0.05, 0) is 53.1 Å². The maximum atomic E-state index is 3.42. The molecule has 0 aliphatic heterocycles. The smallest absolute Gasteiger partial charge is 0.0130 e. The molecule has 0 amide bonds. The predicted octanol–water partition coefficient (Wildman–Crippen LogP) is 3.62. The van der Waals surface area contributed by atoms with E-state index < -0.39 is 0 Å². The van der Waals surface area contributed by atoms with Gasteiger partial charge in [0, 0.05) is 8.90 Å². The standard InChI is InChI=1S/C9H10BrI/c10-7-1-2-8-3-5-9(11)6-4-8/h3-6H,1-2,7H2. The van der Waals surface area contributed by atoms with Crippen LogP contribution in [-0.2, 0) is 6.42 Å². The zero-order valence-corrected chi connectivity index (χ0v) is 9.93. The molecule has 0 radical (unpaired) electrons.